The number of pyridine rings is 2. The predicted molar refractivity (Wildman–Crippen MR) is 148 cm³/mol. The lowest BCUT2D eigenvalue weighted by molar-refractivity contribution is 0.196. The lowest BCUT2D eigenvalue weighted by Crippen LogP contribution is -2.32. The fourth-order valence-electron chi connectivity index (χ4n) is 4.93. The summed E-state index contributed by atoms with van der Waals surface area (Å²) in [6.07, 6.45) is 8.10. The molecule has 0 amide bonds. The molecule has 0 spiro atoms. The van der Waals surface area contributed by atoms with Crippen molar-refractivity contribution in [3.05, 3.63) is 94.6 Å². The van der Waals surface area contributed by atoms with Gasteiger partial charge in [-0.1, -0.05) is 36.4 Å². The van der Waals surface area contributed by atoms with E-state index in [1.807, 2.05) is 24.8 Å². The summed E-state index contributed by atoms with van der Waals surface area (Å²) < 4.78 is 0. The fourth-order valence-corrected chi connectivity index (χ4v) is 4.93. The Bertz CT molecular complexity index is 918. The summed E-state index contributed by atoms with van der Waals surface area (Å²) >= 11 is 0. The first-order valence-electron chi connectivity index (χ1n) is 13.4. The molecule has 3 aromatic rings. The summed E-state index contributed by atoms with van der Waals surface area (Å²) in [4.78, 5) is 16.8. The molecule has 1 aliphatic rings. The second kappa shape index (κ2) is 12.1. The van der Waals surface area contributed by atoms with Crippen LogP contribution in [0.2, 0.25) is 0 Å². The van der Waals surface area contributed by atoms with E-state index < -0.39 is 0 Å². The zero-order valence-electron chi connectivity index (χ0n) is 23.0. The minimum absolute atomic E-state index is 0.423. The van der Waals surface area contributed by atoms with E-state index in [4.69, 9.17) is 0 Å². The zero-order chi connectivity index (χ0) is 25.7. The molecule has 0 N–H and O–H groups in total. The van der Waals surface area contributed by atoms with Crippen molar-refractivity contribution >= 4 is 0 Å². The van der Waals surface area contributed by atoms with E-state index in [9.17, 15) is 0 Å². The number of hydrogen-bond acceptors (Lipinski definition) is 5. The number of fused-ring (bicyclic) bond motifs is 6. The third-order valence-corrected chi connectivity index (χ3v) is 7.20. The summed E-state index contributed by atoms with van der Waals surface area (Å²) in [5.74, 6) is 0. The van der Waals surface area contributed by atoms with Gasteiger partial charge in [0.05, 0.1) is 0 Å². The highest BCUT2D eigenvalue weighted by molar-refractivity contribution is 5.25. The molecule has 0 atom stereocenters. The third-order valence-electron chi connectivity index (χ3n) is 7.20. The summed E-state index contributed by atoms with van der Waals surface area (Å²) in [6.45, 7) is 19.1. The van der Waals surface area contributed by atoms with Crippen LogP contribution in [-0.4, -0.2) is 42.8 Å². The molecular formula is C31H43N5. The molecule has 4 rings (SSSR count). The van der Waals surface area contributed by atoms with Crippen molar-refractivity contribution in [2.75, 3.05) is 0 Å². The SMILES string of the molecule is CC(C)N1Cc2cccc(c2)CN(C(C)C)Cc2cncc(c2)CN(C(C)C)Cc2cncc(c2)C1. The van der Waals surface area contributed by atoms with E-state index in [-0.39, 0.29) is 0 Å². The van der Waals surface area contributed by atoms with E-state index in [0.717, 1.165) is 39.3 Å². The van der Waals surface area contributed by atoms with E-state index in [1.54, 1.807) is 0 Å². The molecule has 5 heteroatoms. The number of rotatable bonds is 3. The Morgan fingerprint density at radius 3 is 1.06 bits per heavy atom. The molecule has 6 bridgehead atoms. The van der Waals surface area contributed by atoms with Gasteiger partial charge >= 0.3 is 0 Å². The molecule has 5 nitrogen and oxygen atoms in total. The Labute approximate surface area is 218 Å². The van der Waals surface area contributed by atoms with Crippen LogP contribution < -0.4 is 0 Å². The minimum atomic E-state index is 0.423. The van der Waals surface area contributed by atoms with Crippen molar-refractivity contribution in [2.45, 2.75) is 98.9 Å². The highest BCUT2D eigenvalue weighted by Gasteiger charge is 2.17. The summed E-state index contributed by atoms with van der Waals surface area (Å²) in [6, 6.07) is 15.1. The molecule has 3 heterocycles. The largest absolute Gasteiger partial charge is 0.292 e. The van der Waals surface area contributed by atoms with E-state index in [1.165, 1.54) is 33.4 Å². The van der Waals surface area contributed by atoms with Crippen LogP contribution in [0.4, 0.5) is 0 Å². The zero-order valence-corrected chi connectivity index (χ0v) is 23.0. The maximum Gasteiger partial charge on any atom is 0.0313 e. The average molecular weight is 486 g/mol. The van der Waals surface area contributed by atoms with Gasteiger partial charge in [-0.05, 0) is 74.9 Å². The van der Waals surface area contributed by atoms with Crippen LogP contribution in [-0.2, 0) is 39.3 Å². The molecule has 0 saturated carbocycles. The van der Waals surface area contributed by atoms with Crippen molar-refractivity contribution in [2.24, 2.45) is 0 Å². The van der Waals surface area contributed by atoms with E-state index in [0.29, 0.717) is 18.1 Å². The molecule has 0 aliphatic carbocycles. The molecule has 0 saturated heterocycles. The number of hydrogen-bond donors (Lipinski definition) is 0. The van der Waals surface area contributed by atoms with Gasteiger partial charge in [0.1, 0.15) is 0 Å². The van der Waals surface area contributed by atoms with Crippen molar-refractivity contribution in [3.8, 4) is 0 Å². The summed E-state index contributed by atoms with van der Waals surface area (Å²) in [5, 5.41) is 0. The van der Waals surface area contributed by atoms with Crippen molar-refractivity contribution in [1.29, 1.82) is 0 Å². The lowest BCUT2D eigenvalue weighted by atomic mass is 10.1. The monoisotopic (exact) mass is 485 g/mol. The molecule has 0 fully saturated rings. The molecule has 2 aromatic heterocycles. The molecule has 1 aliphatic heterocycles. The summed E-state index contributed by atoms with van der Waals surface area (Å²) in [5.41, 5.74) is 7.81. The Morgan fingerprint density at radius 1 is 0.472 bits per heavy atom. The molecule has 1 aromatic carbocycles. The van der Waals surface area contributed by atoms with Gasteiger partial charge in [-0.2, -0.15) is 0 Å². The maximum absolute atomic E-state index is 4.63. The van der Waals surface area contributed by atoms with Crippen LogP contribution >= 0.6 is 0 Å². The van der Waals surface area contributed by atoms with E-state index >= 15 is 0 Å². The normalized spacial score (nSPS) is 16.9. The van der Waals surface area contributed by atoms with Crippen LogP contribution in [0.1, 0.15) is 74.9 Å². The standard InChI is InChI=1S/C31H43N5/c1-23(2)34-17-26-8-7-9-27(10-26)18-35(24(3)4)20-29-12-31(16-33-14-29)22-36(25(5)6)21-30-11-28(19-34)13-32-15-30/h7-16,23-25H,17-22H2,1-6H3. The Hall–Kier alpha value is -2.60. The summed E-state index contributed by atoms with van der Waals surface area (Å²) in [7, 11) is 0. The van der Waals surface area contributed by atoms with Gasteiger partial charge < -0.3 is 0 Å². The first kappa shape index (κ1) is 26.5. The smallest absolute Gasteiger partial charge is 0.0313 e. The third kappa shape index (κ3) is 7.22. The highest BCUT2D eigenvalue weighted by Crippen LogP contribution is 2.20. The van der Waals surface area contributed by atoms with Crippen LogP contribution in [0.3, 0.4) is 0 Å². The first-order valence-corrected chi connectivity index (χ1v) is 13.4. The Kier molecular flexibility index (Phi) is 8.89. The van der Waals surface area contributed by atoms with Crippen LogP contribution in [0.25, 0.3) is 0 Å². The lowest BCUT2D eigenvalue weighted by Gasteiger charge is -2.30. The topological polar surface area (TPSA) is 35.5 Å². The molecule has 192 valence electrons. The predicted octanol–water partition coefficient (Wildman–Crippen LogP) is 6.02. The van der Waals surface area contributed by atoms with Gasteiger partial charge in [0.15, 0.2) is 0 Å². The van der Waals surface area contributed by atoms with Gasteiger partial charge in [-0.3, -0.25) is 24.7 Å². The van der Waals surface area contributed by atoms with Gasteiger partial charge in [-0.25, -0.2) is 0 Å². The van der Waals surface area contributed by atoms with Gasteiger partial charge in [0.25, 0.3) is 0 Å². The molecular weight excluding hydrogens is 442 g/mol. The van der Waals surface area contributed by atoms with Crippen molar-refractivity contribution in [3.63, 3.8) is 0 Å². The van der Waals surface area contributed by atoms with Crippen LogP contribution in [0, 0.1) is 0 Å². The Balaban J connectivity index is 1.73. The van der Waals surface area contributed by atoms with Gasteiger partial charge in [-0.15, -0.1) is 0 Å². The van der Waals surface area contributed by atoms with Gasteiger partial charge in [0, 0.05) is 82.2 Å². The van der Waals surface area contributed by atoms with Crippen LogP contribution in [0.5, 0.6) is 0 Å². The van der Waals surface area contributed by atoms with E-state index in [2.05, 4.69) is 103 Å². The fraction of sp³-hybridized carbons (Fsp3) is 0.484. The molecule has 36 heavy (non-hydrogen) atoms. The number of aromatic nitrogens is 2. The number of benzene rings is 1. The maximum atomic E-state index is 4.63. The van der Waals surface area contributed by atoms with Crippen molar-refractivity contribution < 1.29 is 0 Å². The quantitative estimate of drug-likeness (QED) is 0.453. The van der Waals surface area contributed by atoms with Crippen LogP contribution in [0.15, 0.2) is 61.2 Å². The minimum Gasteiger partial charge on any atom is -0.292 e. The molecule has 0 radical (unpaired) electrons. The second-order valence-corrected chi connectivity index (χ2v) is 11.2. The Morgan fingerprint density at radius 2 is 0.750 bits per heavy atom. The van der Waals surface area contributed by atoms with Gasteiger partial charge in [0.2, 0.25) is 0 Å². The van der Waals surface area contributed by atoms with Crippen molar-refractivity contribution in [1.82, 2.24) is 24.7 Å². The second-order valence-electron chi connectivity index (χ2n) is 11.2. The number of nitrogens with zero attached hydrogens (tertiary/aromatic N) is 5. The highest BCUT2D eigenvalue weighted by atomic mass is 15.2. The average Bonchev–Trinajstić information content (AvgIpc) is 2.83. The molecule has 0 unspecified atom stereocenters. The first-order chi connectivity index (χ1) is 17.3.